The zero-order chi connectivity index (χ0) is 14.0. The Kier molecular flexibility index (Phi) is 4.02. The first kappa shape index (κ1) is 13.8. The van der Waals surface area contributed by atoms with Gasteiger partial charge in [-0.2, -0.15) is 0 Å². The second-order valence-corrected chi connectivity index (χ2v) is 4.87. The summed E-state index contributed by atoms with van der Waals surface area (Å²) in [6.45, 7) is 0. The van der Waals surface area contributed by atoms with Gasteiger partial charge in [0.25, 0.3) is 5.91 Å². The topological polar surface area (TPSA) is 45.5 Å². The van der Waals surface area contributed by atoms with Gasteiger partial charge in [-0.25, -0.2) is 0 Å². The first-order valence-corrected chi connectivity index (χ1v) is 6.26. The van der Waals surface area contributed by atoms with Crippen LogP contribution in [0.3, 0.4) is 0 Å². The van der Waals surface area contributed by atoms with Crippen LogP contribution in [0.15, 0.2) is 34.9 Å². The third-order valence-corrected chi connectivity index (χ3v) is 3.15. The maximum atomic E-state index is 11.9. The maximum absolute atomic E-state index is 11.9. The summed E-state index contributed by atoms with van der Waals surface area (Å²) >= 11 is 11.9. The molecule has 0 aliphatic rings. The summed E-state index contributed by atoms with van der Waals surface area (Å²) in [5, 5.41) is 3.33. The molecule has 19 heavy (non-hydrogen) atoms. The summed E-state index contributed by atoms with van der Waals surface area (Å²) in [6, 6.07) is 6.79. The Morgan fingerprint density at radius 2 is 2.00 bits per heavy atom. The number of furan rings is 1. The fourth-order valence-corrected chi connectivity index (χ4v) is 2.15. The Hall–Kier alpha value is -1.65. The Bertz CT molecular complexity index is 608. The molecule has 0 unspecified atom stereocenters. The molecule has 1 aromatic carbocycles. The van der Waals surface area contributed by atoms with Gasteiger partial charge in [-0.1, -0.05) is 11.6 Å². The predicted octanol–water partition coefficient (Wildman–Crippen LogP) is 3.90. The van der Waals surface area contributed by atoms with Gasteiger partial charge < -0.3 is 14.6 Å². The van der Waals surface area contributed by atoms with Crippen molar-refractivity contribution in [3.05, 3.63) is 46.3 Å². The number of anilines is 2. The Labute approximate surface area is 120 Å². The van der Waals surface area contributed by atoms with E-state index < -0.39 is 0 Å². The van der Waals surface area contributed by atoms with Crippen molar-refractivity contribution in [2.45, 2.75) is 0 Å². The fraction of sp³-hybridized carbons (Fsp3) is 0.154. The molecule has 2 aromatic rings. The standard InChI is InChI=1S/C13H12Cl2N2O2/c1-17(2)11-4-3-8(7-10(11)14)16-13(18)9-5-6-19-12(9)15/h3-7H,1-2H3,(H,16,18). The Morgan fingerprint density at radius 3 is 2.53 bits per heavy atom. The summed E-state index contributed by atoms with van der Waals surface area (Å²) in [4.78, 5) is 13.8. The second-order valence-electron chi connectivity index (χ2n) is 4.12. The molecule has 100 valence electrons. The number of benzene rings is 1. The summed E-state index contributed by atoms with van der Waals surface area (Å²) < 4.78 is 4.87. The van der Waals surface area contributed by atoms with Crippen LogP contribution in [0, 0.1) is 0 Å². The van der Waals surface area contributed by atoms with E-state index in [2.05, 4.69) is 5.32 Å². The van der Waals surface area contributed by atoms with Crippen molar-refractivity contribution in [2.24, 2.45) is 0 Å². The lowest BCUT2D eigenvalue weighted by Gasteiger charge is -2.15. The number of nitrogens with zero attached hydrogens (tertiary/aromatic N) is 1. The number of halogens is 2. The van der Waals surface area contributed by atoms with Gasteiger partial charge in [0.15, 0.2) is 0 Å². The summed E-state index contributed by atoms with van der Waals surface area (Å²) in [5.41, 5.74) is 1.76. The van der Waals surface area contributed by atoms with Crippen molar-refractivity contribution in [3.63, 3.8) is 0 Å². The number of nitrogens with one attached hydrogen (secondary N) is 1. The fourth-order valence-electron chi connectivity index (χ4n) is 1.60. The number of amides is 1. The van der Waals surface area contributed by atoms with Crippen LogP contribution in [0.2, 0.25) is 10.2 Å². The first-order chi connectivity index (χ1) is 8.99. The highest BCUT2D eigenvalue weighted by Crippen LogP contribution is 2.28. The minimum absolute atomic E-state index is 0.0634. The molecule has 6 heteroatoms. The van der Waals surface area contributed by atoms with Gasteiger partial charge in [0.2, 0.25) is 5.22 Å². The molecular weight excluding hydrogens is 287 g/mol. The molecule has 2 rings (SSSR count). The molecule has 0 saturated carbocycles. The van der Waals surface area contributed by atoms with E-state index in [0.717, 1.165) is 5.69 Å². The van der Waals surface area contributed by atoms with E-state index in [4.69, 9.17) is 27.6 Å². The second kappa shape index (κ2) is 5.55. The molecule has 0 aliphatic carbocycles. The van der Waals surface area contributed by atoms with Gasteiger partial charge in [-0.3, -0.25) is 4.79 Å². The molecule has 0 aliphatic heterocycles. The number of carbonyl (C=O) groups excluding carboxylic acids is 1. The molecule has 0 fully saturated rings. The van der Waals surface area contributed by atoms with E-state index in [9.17, 15) is 4.79 Å². The molecule has 1 heterocycles. The lowest BCUT2D eigenvalue weighted by molar-refractivity contribution is 0.102. The first-order valence-electron chi connectivity index (χ1n) is 5.50. The molecule has 0 bridgehead atoms. The van der Waals surface area contributed by atoms with E-state index in [-0.39, 0.29) is 16.7 Å². The summed E-state index contributed by atoms with van der Waals surface area (Å²) in [5.74, 6) is -0.340. The van der Waals surface area contributed by atoms with E-state index in [1.54, 1.807) is 12.1 Å². The third kappa shape index (κ3) is 3.03. The Morgan fingerprint density at radius 1 is 1.26 bits per heavy atom. The van der Waals surface area contributed by atoms with E-state index in [1.807, 2.05) is 25.1 Å². The summed E-state index contributed by atoms with van der Waals surface area (Å²) in [6.07, 6.45) is 1.36. The summed E-state index contributed by atoms with van der Waals surface area (Å²) in [7, 11) is 3.79. The van der Waals surface area contributed by atoms with Crippen molar-refractivity contribution < 1.29 is 9.21 Å². The van der Waals surface area contributed by atoms with Gasteiger partial charge in [-0.15, -0.1) is 0 Å². The minimum Gasteiger partial charge on any atom is -0.452 e. The SMILES string of the molecule is CN(C)c1ccc(NC(=O)c2ccoc2Cl)cc1Cl. The monoisotopic (exact) mass is 298 g/mol. The van der Waals surface area contributed by atoms with Crippen molar-refractivity contribution in [1.29, 1.82) is 0 Å². The van der Waals surface area contributed by atoms with Crippen LogP contribution in [-0.2, 0) is 0 Å². The number of rotatable bonds is 3. The van der Waals surface area contributed by atoms with Gasteiger partial charge >= 0.3 is 0 Å². The minimum atomic E-state index is -0.340. The zero-order valence-corrected chi connectivity index (χ0v) is 11.9. The van der Waals surface area contributed by atoms with Crippen LogP contribution < -0.4 is 10.2 Å². The van der Waals surface area contributed by atoms with Crippen molar-refractivity contribution in [3.8, 4) is 0 Å². The van der Waals surface area contributed by atoms with Crippen molar-refractivity contribution in [2.75, 3.05) is 24.3 Å². The van der Waals surface area contributed by atoms with E-state index in [1.165, 1.54) is 12.3 Å². The molecule has 0 spiro atoms. The van der Waals surface area contributed by atoms with E-state index >= 15 is 0 Å². The number of carbonyl (C=O) groups is 1. The van der Waals surface area contributed by atoms with Crippen molar-refractivity contribution >= 4 is 40.5 Å². The molecular formula is C13H12Cl2N2O2. The largest absolute Gasteiger partial charge is 0.452 e. The van der Waals surface area contributed by atoms with Gasteiger partial charge in [0.1, 0.15) is 0 Å². The highest BCUT2D eigenvalue weighted by Gasteiger charge is 2.13. The van der Waals surface area contributed by atoms with Crippen molar-refractivity contribution in [1.82, 2.24) is 0 Å². The third-order valence-electron chi connectivity index (χ3n) is 2.55. The van der Waals surface area contributed by atoms with Gasteiger partial charge in [-0.05, 0) is 35.9 Å². The molecule has 1 aromatic heterocycles. The maximum Gasteiger partial charge on any atom is 0.260 e. The van der Waals surface area contributed by atoms with Gasteiger partial charge in [0, 0.05) is 19.8 Å². The number of hydrogen-bond donors (Lipinski definition) is 1. The molecule has 1 N–H and O–H groups in total. The van der Waals surface area contributed by atoms with E-state index in [0.29, 0.717) is 10.7 Å². The molecule has 4 nitrogen and oxygen atoms in total. The zero-order valence-electron chi connectivity index (χ0n) is 10.4. The van der Waals surface area contributed by atoms with Crippen LogP contribution in [-0.4, -0.2) is 20.0 Å². The molecule has 0 atom stereocenters. The van der Waals surface area contributed by atoms with Crippen LogP contribution in [0.1, 0.15) is 10.4 Å². The normalized spacial score (nSPS) is 10.3. The van der Waals surface area contributed by atoms with Crippen LogP contribution in [0.4, 0.5) is 11.4 Å². The van der Waals surface area contributed by atoms with Crippen LogP contribution >= 0.6 is 23.2 Å². The average molecular weight is 299 g/mol. The number of hydrogen-bond acceptors (Lipinski definition) is 3. The molecule has 0 saturated heterocycles. The molecule has 0 radical (unpaired) electrons. The molecule has 1 amide bonds. The lowest BCUT2D eigenvalue weighted by atomic mass is 10.2. The van der Waals surface area contributed by atoms with Gasteiger partial charge in [0.05, 0.1) is 22.5 Å². The predicted molar refractivity (Wildman–Crippen MR) is 77.5 cm³/mol. The lowest BCUT2D eigenvalue weighted by Crippen LogP contribution is -2.12. The average Bonchev–Trinajstić information content (AvgIpc) is 2.75. The quantitative estimate of drug-likeness (QED) is 0.934. The highest BCUT2D eigenvalue weighted by molar-refractivity contribution is 6.34. The van der Waals surface area contributed by atoms with Crippen LogP contribution in [0.25, 0.3) is 0 Å². The smallest absolute Gasteiger partial charge is 0.260 e. The van der Waals surface area contributed by atoms with Crippen LogP contribution in [0.5, 0.6) is 0 Å². The Balaban J connectivity index is 2.18. The highest BCUT2D eigenvalue weighted by atomic mass is 35.5.